The van der Waals surface area contributed by atoms with Crippen LogP contribution in [0.1, 0.15) is 25.8 Å². The van der Waals surface area contributed by atoms with Gasteiger partial charge in [-0.25, -0.2) is 0 Å². The molecule has 0 aliphatic carbocycles. The van der Waals surface area contributed by atoms with Gasteiger partial charge in [0.2, 0.25) is 11.7 Å². The van der Waals surface area contributed by atoms with Gasteiger partial charge in [0.05, 0.1) is 6.04 Å². The standard InChI is InChI=1S/C11H14N4O.ClH/c1-7(2)9(12)11-14-10(15-16-11)8-3-5-13-6-4-8;/h3-7,9H,12H2,1-2H3;1H/t9-;/m1./s1. The van der Waals surface area contributed by atoms with Crippen LogP contribution in [0, 0.1) is 5.92 Å². The number of rotatable bonds is 3. The Morgan fingerprint density at radius 3 is 2.47 bits per heavy atom. The summed E-state index contributed by atoms with van der Waals surface area (Å²) in [6, 6.07) is 3.44. The Bertz CT molecular complexity index is 458. The van der Waals surface area contributed by atoms with Crippen LogP contribution < -0.4 is 5.73 Å². The molecule has 0 saturated heterocycles. The molecule has 2 aromatic heterocycles. The Labute approximate surface area is 106 Å². The minimum Gasteiger partial charge on any atom is -0.337 e. The van der Waals surface area contributed by atoms with Crippen LogP contribution in [-0.2, 0) is 0 Å². The van der Waals surface area contributed by atoms with Crippen LogP contribution in [0.15, 0.2) is 29.0 Å². The number of aromatic nitrogens is 3. The molecule has 0 radical (unpaired) electrons. The Kier molecular flexibility index (Phi) is 4.60. The predicted molar refractivity (Wildman–Crippen MR) is 66.5 cm³/mol. The molecule has 2 N–H and O–H groups in total. The van der Waals surface area contributed by atoms with Crippen LogP contribution in [0.3, 0.4) is 0 Å². The topological polar surface area (TPSA) is 77.8 Å². The average Bonchev–Trinajstić information content (AvgIpc) is 2.78. The van der Waals surface area contributed by atoms with Crippen molar-refractivity contribution in [3.05, 3.63) is 30.4 Å². The van der Waals surface area contributed by atoms with E-state index in [4.69, 9.17) is 10.3 Å². The van der Waals surface area contributed by atoms with E-state index in [1.165, 1.54) is 0 Å². The first-order chi connectivity index (χ1) is 7.68. The number of hydrogen-bond acceptors (Lipinski definition) is 5. The van der Waals surface area contributed by atoms with Crippen LogP contribution >= 0.6 is 12.4 Å². The van der Waals surface area contributed by atoms with Crippen molar-refractivity contribution in [2.45, 2.75) is 19.9 Å². The quantitative estimate of drug-likeness (QED) is 0.909. The first-order valence-corrected chi connectivity index (χ1v) is 5.18. The lowest BCUT2D eigenvalue weighted by Crippen LogP contribution is -2.16. The lowest BCUT2D eigenvalue weighted by Gasteiger charge is -2.09. The molecule has 0 fully saturated rings. The summed E-state index contributed by atoms with van der Waals surface area (Å²) in [6.45, 7) is 4.03. The monoisotopic (exact) mass is 254 g/mol. The van der Waals surface area contributed by atoms with Gasteiger partial charge in [0.1, 0.15) is 0 Å². The van der Waals surface area contributed by atoms with Gasteiger partial charge < -0.3 is 10.3 Å². The molecular formula is C11H15ClN4O. The molecular weight excluding hydrogens is 240 g/mol. The summed E-state index contributed by atoms with van der Waals surface area (Å²) in [5.74, 6) is 1.29. The van der Waals surface area contributed by atoms with Gasteiger partial charge in [-0.05, 0) is 18.1 Å². The Morgan fingerprint density at radius 1 is 1.24 bits per heavy atom. The first-order valence-electron chi connectivity index (χ1n) is 5.18. The molecule has 1 atom stereocenters. The normalized spacial score (nSPS) is 12.2. The number of halogens is 1. The third-order valence-corrected chi connectivity index (χ3v) is 2.38. The van der Waals surface area contributed by atoms with Gasteiger partial charge in [0.25, 0.3) is 0 Å². The number of hydrogen-bond donors (Lipinski definition) is 1. The van der Waals surface area contributed by atoms with Gasteiger partial charge in [-0.15, -0.1) is 12.4 Å². The van der Waals surface area contributed by atoms with E-state index in [1.54, 1.807) is 12.4 Å². The molecule has 6 heteroatoms. The van der Waals surface area contributed by atoms with E-state index in [-0.39, 0.29) is 24.4 Å². The summed E-state index contributed by atoms with van der Waals surface area (Å²) in [5.41, 5.74) is 6.80. The highest BCUT2D eigenvalue weighted by atomic mass is 35.5. The highest BCUT2D eigenvalue weighted by molar-refractivity contribution is 5.85. The Balaban J connectivity index is 0.00000144. The largest absolute Gasteiger partial charge is 0.337 e. The molecule has 0 bridgehead atoms. The summed E-state index contributed by atoms with van der Waals surface area (Å²) in [5, 5.41) is 3.90. The maximum absolute atomic E-state index is 5.92. The molecule has 0 amide bonds. The van der Waals surface area contributed by atoms with E-state index in [0.29, 0.717) is 11.7 Å². The molecule has 0 aliphatic heterocycles. The molecule has 2 rings (SSSR count). The third kappa shape index (κ3) is 3.01. The van der Waals surface area contributed by atoms with Crippen molar-refractivity contribution >= 4 is 12.4 Å². The molecule has 92 valence electrons. The fraction of sp³-hybridized carbons (Fsp3) is 0.364. The van der Waals surface area contributed by atoms with Gasteiger partial charge in [-0.2, -0.15) is 4.98 Å². The Morgan fingerprint density at radius 2 is 1.88 bits per heavy atom. The van der Waals surface area contributed by atoms with Crippen molar-refractivity contribution in [3.63, 3.8) is 0 Å². The summed E-state index contributed by atoms with van der Waals surface area (Å²) in [7, 11) is 0. The van der Waals surface area contributed by atoms with Gasteiger partial charge in [-0.3, -0.25) is 4.98 Å². The minimum absolute atomic E-state index is 0. The molecule has 2 heterocycles. The second kappa shape index (κ2) is 5.75. The average molecular weight is 255 g/mol. The molecule has 0 spiro atoms. The zero-order valence-corrected chi connectivity index (χ0v) is 10.5. The number of nitrogens with two attached hydrogens (primary N) is 1. The van der Waals surface area contributed by atoms with Crippen molar-refractivity contribution < 1.29 is 4.52 Å². The van der Waals surface area contributed by atoms with Crippen molar-refractivity contribution in [3.8, 4) is 11.4 Å². The molecule has 0 aromatic carbocycles. The Hall–Kier alpha value is -1.46. The van der Waals surface area contributed by atoms with Crippen molar-refractivity contribution in [2.24, 2.45) is 11.7 Å². The van der Waals surface area contributed by atoms with Crippen molar-refractivity contribution in [2.75, 3.05) is 0 Å². The second-order valence-corrected chi connectivity index (χ2v) is 3.96. The maximum Gasteiger partial charge on any atom is 0.244 e. The van der Waals surface area contributed by atoms with E-state index >= 15 is 0 Å². The molecule has 0 aliphatic rings. The lowest BCUT2D eigenvalue weighted by atomic mass is 10.1. The molecule has 5 nitrogen and oxygen atoms in total. The summed E-state index contributed by atoms with van der Waals surface area (Å²) < 4.78 is 5.14. The number of nitrogens with zero attached hydrogens (tertiary/aromatic N) is 3. The summed E-state index contributed by atoms with van der Waals surface area (Å²) in [6.07, 6.45) is 3.38. The summed E-state index contributed by atoms with van der Waals surface area (Å²) in [4.78, 5) is 8.20. The van der Waals surface area contributed by atoms with Crippen LogP contribution in [0.25, 0.3) is 11.4 Å². The summed E-state index contributed by atoms with van der Waals surface area (Å²) >= 11 is 0. The smallest absolute Gasteiger partial charge is 0.244 e. The van der Waals surface area contributed by atoms with Crippen molar-refractivity contribution in [1.29, 1.82) is 0 Å². The second-order valence-electron chi connectivity index (χ2n) is 3.96. The zero-order chi connectivity index (χ0) is 11.5. The third-order valence-electron chi connectivity index (χ3n) is 2.38. The van der Waals surface area contributed by atoms with Gasteiger partial charge >= 0.3 is 0 Å². The van der Waals surface area contributed by atoms with E-state index in [0.717, 1.165) is 5.56 Å². The van der Waals surface area contributed by atoms with Crippen LogP contribution in [0.4, 0.5) is 0 Å². The fourth-order valence-electron chi connectivity index (χ4n) is 1.27. The fourth-order valence-corrected chi connectivity index (χ4v) is 1.27. The van der Waals surface area contributed by atoms with Crippen LogP contribution in [0.5, 0.6) is 0 Å². The van der Waals surface area contributed by atoms with Gasteiger partial charge in [0, 0.05) is 18.0 Å². The molecule has 0 unspecified atom stereocenters. The molecule has 0 saturated carbocycles. The van der Waals surface area contributed by atoms with E-state index in [9.17, 15) is 0 Å². The predicted octanol–water partition coefficient (Wildman–Crippen LogP) is 2.21. The van der Waals surface area contributed by atoms with E-state index < -0.39 is 0 Å². The zero-order valence-electron chi connectivity index (χ0n) is 9.70. The minimum atomic E-state index is -0.219. The number of pyridine rings is 1. The van der Waals surface area contributed by atoms with Gasteiger partial charge in [-0.1, -0.05) is 19.0 Å². The maximum atomic E-state index is 5.92. The highest BCUT2D eigenvalue weighted by Gasteiger charge is 2.18. The van der Waals surface area contributed by atoms with Crippen LogP contribution in [0.2, 0.25) is 0 Å². The molecule has 17 heavy (non-hydrogen) atoms. The van der Waals surface area contributed by atoms with Crippen molar-refractivity contribution in [1.82, 2.24) is 15.1 Å². The van der Waals surface area contributed by atoms with E-state index in [2.05, 4.69) is 15.1 Å². The molecule has 2 aromatic rings. The SMILES string of the molecule is CC(C)[C@@H](N)c1nc(-c2ccncc2)no1.Cl. The first kappa shape index (κ1) is 13.6. The lowest BCUT2D eigenvalue weighted by molar-refractivity contribution is 0.325. The van der Waals surface area contributed by atoms with Gasteiger partial charge in [0.15, 0.2) is 0 Å². The van der Waals surface area contributed by atoms with Crippen LogP contribution in [-0.4, -0.2) is 15.1 Å². The highest BCUT2D eigenvalue weighted by Crippen LogP contribution is 2.20. The van der Waals surface area contributed by atoms with E-state index in [1.807, 2.05) is 26.0 Å².